The maximum Gasteiger partial charge on any atom is 0.311 e. The van der Waals surface area contributed by atoms with E-state index in [1.165, 1.54) is 0 Å². The van der Waals surface area contributed by atoms with E-state index in [0.717, 1.165) is 107 Å². The molecule has 0 aliphatic carbocycles. The van der Waals surface area contributed by atoms with Crippen LogP contribution >= 0.6 is 0 Å². The molecule has 560 valence electrons. The first-order chi connectivity index (χ1) is 46.5. The van der Waals surface area contributed by atoms with Crippen LogP contribution in [0.3, 0.4) is 0 Å². The van der Waals surface area contributed by atoms with Gasteiger partial charge in [0.25, 0.3) is 0 Å². The third-order valence-electron chi connectivity index (χ3n) is 18.6. The first-order valence-electron chi connectivity index (χ1n) is 36.3. The summed E-state index contributed by atoms with van der Waals surface area (Å²) in [5, 5.41) is 49.5. The number of hydrogen-bond donors (Lipinski definition) is 5. The number of hydrogen-bond acceptors (Lipinski definition) is 15. The highest BCUT2D eigenvalue weighted by molar-refractivity contribution is 5.77. The number of ether oxygens (including phenoxy) is 5. The van der Waals surface area contributed by atoms with Crippen molar-refractivity contribution in [3.05, 3.63) is 177 Å². The summed E-state index contributed by atoms with van der Waals surface area (Å²) in [7, 11) is 0. The Kier molecular flexibility index (Phi) is 40.1. The van der Waals surface area contributed by atoms with Gasteiger partial charge < -0.3 is 49.2 Å². The van der Waals surface area contributed by atoms with Crippen LogP contribution in [0.15, 0.2) is 121 Å². The molecule has 5 atom stereocenters. The molecule has 0 aliphatic rings. The van der Waals surface area contributed by atoms with E-state index in [1.54, 1.807) is 6.92 Å². The summed E-state index contributed by atoms with van der Waals surface area (Å²) >= 11 is 0. The zero-order chi connectivity index (χ0) is 76.4. The second kappa shape index (κ2) is 43.9. The lowest BCUT2D eigenvalue weighted by atomic mass is 9.87. The lowest BCUT2D eigenvalue weighted by Crippen LogP contribution is -2.25. The van der Waals surface area contributed by atoms with Crippen LogP contribution in [0.4, 0.5) is 0 Å². The number of esters is 5. The van der Waals surface area contributed by atoms with E-state index < -0.39 is 57.1 Å². The third-order valence-corrected chi connectivity index (χ3v) is 18.6. The Morgan fingerprint density at radius 1 is 0.340 bits per heavy atom. The molecule has 5 rings (SSSR count). The molecule has 0 fully saturated rings. The zero-order valence-corrected chi connectivity index (χ0v) is 65.4. The summed E-state index contributed by atoms with van der Waals surface area (Å²) in [6.07, 6.45) is 5.92. The Hall–Kier alpha value is -6.75. The number of rotatable bonds is 32. The van der Waals surface area contributed by atoms with E-state index in [9.17, 15) is 49.5 Å². The molecule has 5 aromatic rings. The van der Waals surface area contributed by atoms with Crippen LogP contribution in [0.5, 0.6) is 0 Å². The predicted molar refractivity (Wildman–Crippen MR) is 401 cm³/mol. The van der Waals surface area contributed by atoms with Gasteiger partial charge in [-0.25, -0.2) is 0 Å². The van der Waals surface area contributed by atoms with Crippen LogP contribution in [0.25, 0.3) is 0 Å². The van der Waals surface area contributed by atoms with E-state index in [2.05, 4.69) is 27.7 Å². The van der Waals surface area contributed by atoms with Gasteiger partial charge in [0.05, 0.1) is 57.1 Å². The predicted octanol–water partition coefficient (Wildman–Crippen LogP) is 19.5. The minimum absolute atomic E-state index is 0.171. The maximum atomic E-state index is 12.0. The highest BCUT2D eigenvalue weighted by Gasteiger charge is 2.31. The molecule has 15 nitrogen and oxygen atoms in total. The first kappa shape index (κ1) is 91.3. The summed E-state index contributed by atoms with van der Waals surface area (Å²) in [6.45, 7) is 46.1. The molecule has 0 aromatic heterocycles. The summed E-state index contributed by atoms with van der Waals surface area (Å²) < 4.78 is 26.6. The largest absolute Gasteiger partial charge is 0.460 e. The molecular formula is C85H130O15. The van der Waals surface area contributed by atoms with Gasteiger partial charge in [-0.05, 0) is 208 Å². The second-order valence-electron chi connectivity index (χ2n) is 30.7. The van der Waals surface area contributed by atoms with Gasteiger partial charge in [0, 0.05) is 0 Å². The van der Waals surface area contributed by atoms with Crippen LogP contribution in [-0.2, 0) is 86.3 Å². The van der Waals surface area contributed by atoms with Crippen LogP contribution in [0.2, 0.25) is 0 Å². The van der Waals surface area contributed by atoms with Crippen LogP contribution in [0, 0.1) is 38.9 Å². The average molecular weight is 1390 g/mol. The van der Waals surface area contributed by atoms with E-state index in [1.807, 2.05) is 246 Å². The van der Waals surface area contributed by atoms with Gasteiger partial charge in [-0.2, -0.15) is 0 Å². The number of carbonyl (C=O) groups excluding carboxylic acids is 5. The Morgan fingerprint density at radius 3 is 0.800 bits per heavy atom. The number of carbonyl (C=O) groups is 5. The van der Waals surface area contributed by atoms with Gasteiger partial charge in [-0.1, -0.05) is 204 Å². The smallest absolute Gasteiger partial charge is 0.311 e. The van der Waals surface area contributed by atoms with Crippen LogP contribution in [-0.4, -0.2) is 55.4 Å². The lowest BCUT2D eigenvalue weighted by molar-refractivity contribution is -0.156. The monoisotopic (exact) mass is 1390 g/mol. The van der Waals surface area contributed by atoms with Crippen molar-refractivity contribution in [2.75, 3.05) is 0 Å². The summed E-state index contributed by atoms with van der Waals surface area (Å²) in [4.78, 5) is 59.3. The fraction of sp³-hybridized carbons (Fsp3) is 0.588. The molecule has 0 saturated carbocycles. The highest BCUT2D eigenvalue weighted by atomic mass is 16.5. The second-order valence-corrected chi connectivity index (χ2v) is 30.7. The third kappa shape index (κ3) is 33.4. The van der Waals surface area contributed by atoms with Crippen molar-refractivity contribution < 1.29 is 73.2 Å². The minimum atomic E-state index is -0.826. The number of aliphatic hydroxyl groups excluding tert-OH is 4. The Labute approximate surface area is 602 Å². The van der Waals surface area contributed by atoms with Crippen molar-refractivity contribution in [2.24, 2.45) is 38.9 Å². The molecule has 15 heteroatoms. The highest BCUT2D eigenvalue weighted by Crippen LogP contribution is 2.31. The molecule has 5 unspecified atom stereocenters. The standard InChI is InChI=1S/C19H30O3.C18H28O3.C17H26O3.C16H24O3.C15H22O3/c1-7-18(4,5)17(20)22-13-15-8-10-16(11-9-15)19(6,21)12-14(2)3;1-6-18(4,5)17(20)21-12-14-7-9-15(10-8-14)16(19)11-13(2)3;1-5-7-15(18)14-10-8-13(9-11-14)12-20-16(19)17(3,4)6-2;1-5-14(17)13-9-7-12(8-10-13)11-19-15(18)16(3,4)6-2;1-5-15(3,4)14(17)18-10-12-6-8-13(9-7-12)11(2)16/h8-11,14,21H,7,12-13H2,1-6H3;7-10,13,16,19H,6,11-12H2,1-5H3;8-11,15,18H,5-7,12H2,1-4H3;7-10,14,17H,5-6,11H2,1-4H3;6-9,11,16H,5,10H2,1-4H3. The van der Waals surface area contributed by atoms with Crippen LogP contribution < -0.4 is 0 Å². The minimum Gasteiger partial charge on any atom is -0.460 e. The molecule has 100 heavy (non-hydrogen) atoms. The molecule has 0 spiro atoms. The zero-order valence-electron chi connectivity index (χ0n) is 65.4. The Morgan fingerprint density at radius 2 is 0.580 bits per heavy atom. The molecule has 0 bridgehead atoms. The van der Waals surface area contributed by atoms with E-state index in [0.29, 0.717) is 24.7 Å². The summed E-state index contributed by atoms with van der Waals surface area (Å²) in [5.74, 6) is 0.0102. The molecule has 0 saturated heterocycles. The molecule has 0 radical (unpaired) electrons. The normalized spacial score (nSPS) is 13.5. The van der Waals surface area contributed by atoms with E-state index in [-0.39, 0.29) is 62.9 Å². The van der Waals surface area contributed by atoms with E-state index in [4.69, 9.17) is 23.7 Å². The Bertz CT molecular complexity index is 3130. The van der Waals surface area contributed by atoms with Crippen molar-refractivity contribution in [1.29, 1.82) is 0 Å². The topological polar surface area (TPSA) is 233 Å². The molecule has 5 N–H and O–H groups in total. The van der Waals surface area contributed by atoms with Crippen molar-refractivity contribution in [2.45, 2.75) is 287 Å². The van der Waals surface area contributed by atoms with Gasteiger partial charge in [-0.15, -0.1) is 0 Å². The molecule has 5 aromatic carbocycles. The number of aliphatic hydroxyl groups is 5. The first-order valence-corrected chi connectivity index (χ1v) is 36.3. The van der Waals surface area contributed by atoms with Crippen molar-refractivity contribution in [3.63, 3.8) is 0 Å². The van der Waals surface area contributed by atoms with E-state index >= 15 is 0 Å². The van der Waals surface area contributed by atoms with Crippen molar-refractivity contribution in [1.82, 2.24) is 0 Å². The van der Waals surface area contributed by atoms with Gasteiger partial charge in [0.2, 0.25) is 0 Å². The molecular weight excluding hydrogens is 1260 g/mol. The van der Waals surface area contributed by atoms with Gasteiger partial charge >= 0.3 is 29.8 Å². The Balaban J connectivity index is 0.000000626. The van der Waals surface area contributed by atoms with Gasteiger partial charge in [0.1, 0.15) is 33.0 Å². The van der Waals surface area contributed by atoms with Crippen molar-refractivity contribution in [3.8, 4) is 0 Å². The van der Waals surface area contributed by atoms with Gasteiger partial charge in [-0.3, -0.25) is 24.0 Å². The van der Waals surface area contributed by atoms with Gasteiger partial charge in [0.15, 0.2) is 0 Å². The fourth-order valence-electron chi connectivity index (χ4n) is 8.97. The molecule has 0 amide bonds. The SMILES string of the molecule is CCC(C)(C)C(=O)OCc1ccc(C(C)(O)CC(C)C)cc1.CCC(C)(C)C(=O)OCc1ccc(C(C)O)cc1.CCC(C)(C)C(=O)OCc1ccc(C(O)CC(C)C)cc1.CCC(O)c1ccc(COC(=O)C(C)(C)CC)cc1.CCCC(O)c1ccc(COC(=O)C(C)(C)CC)cc1. The maximum absolute atomic E-state index is 12.0. The quantitative estimate of drug-likeness (QED) is 0.0199. The summed E-state index contributed by atoms with van der Waals surface area (Å²) in [5.41, 5.74) is 6.15. The number of benzene rings is 5. The van der Waals surface area contributed by atoms with Crippen LogP contribution in [0.1, 0.15) is 304 Å². The molecule has 0 aliphatic heterocycles. The average Bonchev–Trinajstić information content (AvgIpc) is 0.841. The fourth-order valence-corrected chi connectivity index (χ4v) is 8.97. The van der Waals surface area contributed by atoms with Crippen molar-refractivity contribution >= 4 is 29.8 Å². The summed E-state index contributed by atoms with van der Waals surface area (Å²) in [6, 6.07) is 37.8. The lowest BCUT2D eigenvalue weighted by Gasteiger charge is -2.26. The molecule has 0 heterocycles.